The van der Waals surface area contributed by atoms with E-state index in [-0.39, 0.29) is 0 Å². The average molecular weight is 138 g/mol. The summed E-state index contributed by atoms with van der Waals surface area (Å²) in [7, 11) is 0. The normalized spacial score (nSPS) is 22.0. The van der Waals surface area contributed by atoms with Gasteiger partial charge >= 0.3 is 0 Å². The average Bonchev–Trinajstić information content (AvgIpc) is 2.33. The van der Waals surface area contributed by atoms with Gasteiger partial charge < -0.3 is 5.32 Å². The molecule has 1 saturated carbocycles. The van der Waals surface area contributed by atoms with Crippen LogP contribution in [0.2, 0.25) is 0 Å². The van der Waals surface area contributed by atoms with Gasteiger partial charge in [0.15, 0.2) is 6.19 Å². The van der Waals surface area contributed by atoms with E-state index in [0.717, 1.165) is 6.54 Å². The van der Waals surface area contributed by atoms with E-state index in [0.29, 0.717) is 5.41 Å². The highest BCUT2D eigenvalue weighted by Crippen LogP contribution is 2.36. The van der Waals surface area contributed by atoms with Gasteiger partial charge in [0.25, 0.3) is 0 Å². The van der Waals surface area contributed by atoms with E-state index in [4.69, 9.17) is 5.26 Å². The first-order valence-corrected chi connectivity index (χ1v) is 3.89. The molecule has 0 saturated heterocycles. The summed E-state index contributed by atoms with van der Waals surface area (Å²) in [5.74, 6) is 0. The zero-order chi connectivity index (χ0) is 7.45. The Morgan fingerprint density at radius 3 is 2.60 bits per heavy atom. The van der Waals surface area contributed by atoms with E-state index in [1.165, 1.54) is 25.7 Å². The molecule has 0 heterocycles. The Hall–Kier alpha value is -0.710. The molecule has 0 spiro atoms. The highest BCUT2D eigenvalue weighted by Gasteiger charge is 2.27. The lowest BCUT2D eigenvalue weighted by molar-refractivity contribution is 0.332. The Kier molecular flexibility index (Phi) is 2.16. The molecule has 0 radical (unpaired) electrons. The van der Waals surface area contributed by atoms with Gasteiger partial charge in [-0.2, -0.15) is 5.26 Å². The maximum Gasteiger partial charge on any atom is 0.176 e. The quantitative estimate of drug-likeness (QED) is 0.465. The summed E-state index contributed by atoms with van der Waals surface area (Å²) in [5, 5.41) is 11.0. The molecule has 2 nitrogen and oxygen atoms in total. The van der Waals surface area contributed by atoms with Crippen molar-refractivity contribution in [1.82, 2.24) is 5.32 Å². The SMILES string of the molecule is CC1(CNC#N)CCCC1. The standard InChI is InChI=1S/C8H14N2/c1-8(6-10-7-9)4-2-3-5-8/h10H,2-6H2,1H3. The summed E-state index contributed by atoms with van der Waals surface area (Å²) in [6, 6.07) is 0. The minimum Gasteiger partial charge on any atom is -0.323 e. The molecule has 0 aromatic rings. The highest BCUT2D eigenvalue weighted by atomic mass is 14.9. The zero-order valence-corrected chi connectivity index (χ0v) is 6.48. The van der Waals surface area contributed by atoms with Crippen LogP contribution in [0.3, 0.4) is 0 Å². The molecule has 1 aliphatic rings. The minimum atomic E-state index is 0.412. The first kappa shape index (κ1) is 7.40. The molecule has 0 bridgehead atoms. The predicted octanol–water partition coefficient (Wildman–Crippen LogP) is 1.64. The molecule has 0 atom stereocenters. The van der Waals surface area contributed by atoms with Crippen molar-refractivity contribution in [2.75, 3.05) is 6.54 Å². The van der Waals surface area contributed by atoms with Crippen molar-refractivity contribution in [2.45, 2.75) is 32.6 Å². The molecule has 0 aliphatic heterocycles. The third-order valence-electron chi connectivity index (χ3n) is 2.40. The first-order chi connectivity index (χ1) is 4.77. The minimum absolute atomic E-state index is 0.412. The Bertz CT molecular complexity index is 140. The summed E-state index contributed by atoms with van der Waals surface area (Å²) in [4.78, 5) is 0. The maximum absolute atomic E-state index is 8.28. The molecule has 56 valence electrons. The van der Waals surface area contributed by atoms with Crippen LogP contribution in [0.25, 0.3) is 0 Å². The van der Waals surface area contributed by atoms with Gasteiger partial charge in [0.2, 0.25) is 0 Å². The summed E-state index contributed by atoms with van der Waals surface area (Å²) in [6.07, 6.45) is 7.20. The molecular weight excluding hydrogens is 124 g/mol. The van der Waals surface area contributed by atoms with Crippen molar-refractivity contribution in [3.05, 3.63) is 0 Å². The fourth-order valence-electron chi connectivity index (χ4n) is 1.66. The van der Waals surface area contributed by atoms with Crippen molar-refractivity contribution >= 4 is 0 Å². The van der Waals surface area contributed by atoms with Gasteiger partial charge in [-0.3, -0.25) is 0 Å². The van der Waals surface area contributed by atoms with Gasteiger partial charge in [-0.05, 0) is 18.3 Å². The third kappa shape index (κ3) is 1.63. The fraction of sp³-hybridized carbons (Fsp3) is 0.875. The van der Waals surface area contributed by atoms with Crippen molar-refractivity contribution in [3.8, 4) is 6.19 Å². The number of nitriles is 1. The molecule has 1 N–H and O–H groups in total. The van der Waals surface area contributed by atoms with Crippen LogP contribution < -0.4 is 5.32 Å². The number of hydrogen-bond donors (Lipinski definition) is 1. The predicted molar refractivity (Wildman–Crippen MR) is 40.2 cm³/mol. The fourth-order valence-corrected chi connectivity index (χ4v) is 1.66. The third-order valence-corrected chi connectivity index (χ3v) is 2.40. The molecule has 2 heteroatoms. The van der Waals surface area contributed by atoms with Crippen molar-refractivity contribution in [1.29, 1.82) is 5.26 Å². The molecule has 10 heavy (non-hydrogen) atoms. The van der Waals surface area contributed by atoms with Crippen LogP contribution in [0.4, 0.5) is 0 Å². The van der Waals surface area contributed by atoms with Crippen molar-refractivity contribution in [2.24, 2.45) is 5.41 Å². The topological polar surface area (TPSA) is 35.8 Å². The Morgan fingerprint density at radius 2 is 2.10 bits per heavy atom. The number of nitrogens with zero attached hydrogens (tertiary/aromatic N) is 1. The van der Waals surface area contributed by atoms with Gasteiger partial charge in [-0.25, -0.2) is 0 Å². The molecular formula is C8H14N2. The Morgan fingerprint density at radius 1 is 1.50 bits per heavy atom. The van der Waals surface area contributed by atoms with Gasteiger partial charge in [0.1, 0.15) is 0 Å². The van der Waals surface area contributed by atoms with E-state index in [9.17, 15) is 0 Å². The van der Waals surface area contributed by atoms with E-state index in [1.807, 2.05) is 6.19 Å². The monoisotopic (exact) mass is 138 g/mol. The van der Waals surface area contributed by atoms with Crippen LogP contribution in [0.1, 0.15) is 32.6 Å². The largest absolute Gasteiger partial charge is 0.323 e. The second-order valence-corrected chi connectivity index (χ2v) is 3.48. The van der Waals surface area contributed by atoms with Crippen LogP contribution in [-0.4, -0.2) is 6.54 Å². The molecule has 1 rings (SSSR count). The van der Waals surface area contributed by atoms with Crippen LogP contribution in [0.15, 0.2) is 0 Å². The van der Waals surface area contributed by atoms with Crippen molar-refractivity contribution < 1.29 is 0 Å². The summed E-state index contributed by atoms with van der Waals surface area (Å²) in [5.41, 5.74) is 0.412. The lowest BCUT2D eigenvalue weighted by Gasteiger charge is -2.21. The second-order valence-electron chi connectivity index (χ2n) is 3.48. The summed E-state index contributed by atoms with van der Waals surface area (Å²) in [6.45, 7) is 3.12. The Balaban J connectivity index is 2.30. The van der Waals surface area contributed by atoms with E-state index in [1.54, 1.807) is 0 Å². The number of hydrogen-bond acceptors (Lipinski definition) is 2. The molecule has 0 unspecified atom stereocenters. The van der Waals surface area contributed by atoms with Gasteiger partial charge in [0.05, 0.1) is 0 Å². The number of rotatable bonds is 2. The van der Waals surface area contributed by atoms with Crippen molar-refractivity contribution in [3.63, 3.8) is 0 Å². The lowest BCUT2D eigenvalue weighted by atomic mass is 9.89. The van der Waals surface area contributed by atoms with E-state index < -0.39 is 0 Å². The maximum atomic E-state index is 8.28. The molecule has 0 amide bonds. The van der Waals surface area contributed by atoms with Crippen LogP contribution in [0, 0.1) is 16.9 Å². The van der Waals surface area contributed by atoms with Gasteiger partial charge in [-0.1, -0.05) is 19.8 Å². The number of nitrogens with one attached hydrogen (secondary N) is 1. The Labute approximate surface area is 62.2 Å². The summed E-state index contributed by atoms with van der Waals surface area (Å²) < 4.78 is 0. The zero-order valence-electron chi connectivity index (χ0n) is 6.48. The van der Waals surface area contributed by atoms with E-state index in [2.05, 4.69) is 12.2 Å². The smallest absolute Gasteiger partial charge is 0.176 e. The molecule has 1 fully saturated rings. The van der Waals surface area contributed by atoms with Crippen LogP contribution in [-0.2, 0) is 0 Å². The molecule has 0 aromatic carbocycles. The van der Waals surface area contributed by atoms with E-state index >= 15 is 0 Å². The lowest BCUT2D eigenvalue weighted by Crippen LogP contribution is -2.26. The van der Waals surface area contributed by atoms with Gasteiger partial charge in [-0.15, -0.1) is 0 Å². The first-order valence-electron chi connectivity index (χ1n) is 3.89. The highest BCUT2D eigenvalue weighted by molar-refractivity contribution is 4.84. The van der Waals surface area contributed by atoms with Crippen LogP contribution in [0.5, 0.6) is 0 Å². The molecule has 0 aromatic heterocycles. The summed E-state index contributed by atoms with van der Waals surface area (Å²) >= 11 is 0. The van der Waals surface area contributed by atoms with Gasteiger partial charge in [0, 0.05) is 6.54 Å². The second kappa shape index (κ2) is 2.92. The van der Waals surface area contributed by atoms with Crippen LogP contribution >= 0.6 is 0 Å². The molecule has 1 aliphatic carbocycles.